The average Bonchev–Trinajstić information content (AvgIpc) is 2.37. The lowest BCUT2D eigenvalue weighted by atomic mass is 10.2. The smallest absolute Gasteiger partial charge is 0.309 e. The number of amides is 1. The third-order valence-electron chi connectivity index (χ3n) is 2.90. The van der Waals surface area contributed by atoms with E-state index in [2.05, 4.69) is 10.1 Å². The molecule has 0 aromatic heterocycles. The zero-order valence-corrected chi connectivity index (χ0v) is 12.5. The number of carbonyl (C=O) groups excluding carboxylic acids is 2. The maximum absolute atomic E-state index is 11.9. The topological polar surface area (TPSA) is 58.6 Å². The number of likely N-dealkylation sites (N-methyl/N-ethyl adjacent to an activating group) is 1. The number of ether oxygens (including phenoxy) is 1. The van der Waals surface area contributed by atoms with Crippen molar-refractivity contribution in [2.45, 2.75) is 13.8 Å². The third kappa shape index (κ3) is 5.40. The second-order valence-corrected chi connectivity index (χ2v) is 5.04. The molecule has 1 rings (SSSR count). The van der Waals surface area contributed by atoms with Gasteiger partial charge in [-0.15, -0.1) is 0 Å². The summed E-state index contributed by atoms with van der Waals surface area (Å²) in [6, 6.07) is 7.63. The molecule has 1 atom stereocenters. The molecule has 0 aliphatic rings. The monoisotopic (exact) mass is 278 g/mol. The van der Waals surface area contributed by atoms with Gasteiger partial charge in [0.15, 0.2) is 0 Å². The lowest BCUT2D eigenvalue weighted by Crippen LogP contribution is -2.35. The first-order chi connectivity index (χ1) is 9.42. The number of hydrogen-bond donors (Lipinski definition) is 1. The number of aryl methyl sites for hydroxylation is 1. The Labute approximate surface area is 119 Å². The molecule has 20 heavy (non-hydrogen) atoms. The Morgan fingerprint density at radius 1 is 1.40 bits per heavy atom. The van der Waals surface area contributed by atoms with Gasteiger partial charge >= 0.3 is 5.97 Å². The van der Waals surface area contributed by atoms with Gasteiger partial charge in [-0.1, -0.05) is 19.1 Å². The summed E-state index contributed by atoms with van der Waals surface area (Å²) >= 11 is 0. The zero-order chi connectivity index (χ0) is 15.1. The molecule has 0 heterocycles. The molecule has 110 valence electrons. The quantitative estimate of drug-likeness (QED) is 0.804. The van der Waals surface area contributed by atoms with E-state index in [4.69, 9.17) is 0 Å². The fraction of sp³-hybridized carbons (Fsp3) is 0.467. The van der Waals surface area contributed by atoms with Crippen molar-refractivity contribution in [2.75, 3.05) is 32.6 Å². The van der Waals surface area contributed by atoms with Crippen LogP contribution >= 0.6 is 0 Å². The summed E-state index contributed by atoms with van der Waals surface area (Å²) in [5.41, 5.74) is 1.87. The molecule has 0 saturated carbocycles. The molecule has 1 unspecified atom stereocenters. The van der Waals surface area contributed by atoms with Gasteiger partial charge in [-0.25, -0.2) is 0 Å². The van der Waals surface area contributed by atoms with E-state index in [-0.39, 0.29) is 24.3 Å². The minimum absolute atomic E-state index is 0.102. The molecular formula is C15H22N2O3. The summed E-state index contributed by atoms with van der Waals surface area (Å²) in [4.78, 5) is 25.0. The van der Waals surface area contributed by atoms with Crippen molar-refractivity contribution in [1.82, 2.24) is 4.90 Å². The summed E-state index contributed by atoms with van der Waals surface area (Å²) in [6.45, 7) is 4.46. The van der Waals surface area contributed by atoms with Crippen LogP contribution in [0.2, 0.25) is 0 Å². The van der Waals surface area contributed by atoms with Crippen molar-refractivity contribution in [1.29, 1.82) is 0 Å². The molecule has 0 aliphatic heterocycles. The highest BCUT2D eigenvalue weighted by Gasteiger charge is 2.16. The highest BCUT2D eigenvalue weighted by atomic mass is 16.5. The number of hydrogen-bond acceptors (Lipinski definition) is 4. The summed E-state index contributed by atoms with van der Waals surface area (Å²) < 4.78 is 4.66. The Bertz CT molecular complexity index is 474. The highest BCUT2D eigenvalue weighted by molar-refractivity contribution is 5.92. The fourth-order valence-electron chi connectivity index (χ4n) is 1.98. The first-order valence-corrected chi connectivity index (χ1v) is 6.55. The molecule has 0 saturated heterocycles. The molecule has 0 spiro atoms. The van der Waals surface area contributed by atoms with E-state index >= 15 is 0 Å². The lowest BCUT2D eigenvalue weighted by Gasteiger charge is -2.19. The van der Waals surface area contributed by atoms with E-state index in [9.17, 15) is 9.59 Å². The standard InChI is InChI=1S/C15H22N2O3/c1-11-6-5-7-13(8-11)16-14(18)10-17(3)9-12(2)15(19)20-4/h5-8,12H,9-10H2,1-4H3,(H,16,18). The molecular weight excluding hydrogens is 256 g/mol. The van der Waals surface area contributed by atoms with Crippen LogP contribution in [-0.4, -0.2) is 44.0 Å². The summed E-state index contributed by atoms with van der Waals surface area (Å²) in [5, 5.41) is 2.83. The van der Waals surface area contributed by atoms with Gasteiger partial charge in [-0.2, -0.15) is 0 Å². The number of nitrogens with zero attached hydrogens (tertiary/aromatic N) is 1. The van der Waals surface area contributed by atoms with Crippen LogP contribution in [0.15, 0.2) is 24.3 Å². The van der Waals surface area contributed by atoms with Crippen LogP contribution in [0.4, 0.5) is 5.69 Å². The molecule has 1 aromatic carbocycles. The predicted molar refractivity (Wildman–Crippen MR) is 78.5 cm³/mol. The number of anilines is 1. The molecule has 1 N–H and O–H groups in total. The van der Waals surface area contributed by atoms with Crippen molar-refractivity contribution in [3.8, 4) is 0 Å². The molecule has 5 nitrogen and oxygen atoms in total. The first-order valence-electron chi connectivity index (χ1n) is 6.55. The van der Waals surface area contributed by atoms with Crippen LogP contribution in [0, 0.1) is 12.8 Å². The molecule has 5 heteroatoms. The van der Waals surface area contributed by atoms with Crippen molar-refractivity contribution >= 4 is 17.6 Å². The molecule has 1 aromatic rings. The molecule has 0 fully saturated rings. The van der Waals surface area contributed by atoms with Gasteiger partial charge in [0.05, 0.1) is 19.6 Å². The Kier molecular flexibility index (Phi) is 6.18. The first kappa shape index (κ1) is 16.2. The Balaban J connectivity index is 2.44. The minimum Gasteiger partial charge on any atom is -0.469 e. The SMILES string of the molecule is COC(=O)C(C)CN(C)CC(=O)Nc1cccc(C)c1. The van der Waals surface area contributed by atoms with E-state index < -0.39 is 0 Å². The van der Waals surface area contributed by atoms with Crippen LogP contribution < -0.4 is 5.32 Å². The Hall–Kier alpha value is -1.88. The van der Waals surface area contributed by atoms with Gasteiger partial charge in [0.25, 0.3) is 0 Å². The van der Waals surface area contributed by atoms with Crippen LogP contribution in [0.25, 0.3) is 0 Å². The fourth-order valence-corrected chi connectivity index (χ4v) is 1.98. The Morgan fingerprint density at radius 3 is 2.70 bits per heavy atom. The van der Waals surface area contributed by atoms with Crippen molar-refractivity contribution < 1.29 is 14.3 Å². The van der Waals surface area contributed by atoms with E-state index in [1.54, 1.807) is 18.9 Å². The van der Waals surface area contributed by atoms with E-state index in [0.29, 0.717) is 6.54 Å². The number of rotatable bonds is 6. The maximum atomic E-state index is 11.9. The number of benzene rings is 1. The maximum Gasteiger partial charge on any atom is 0.309 e. The van der Waals surface area contributed by atoms with Gasteiger partial charge in [-0.05, 0) is 31.7 Å². The number of carbonyl (C=O) groups is 2. The number of esters is 1. The van der Waals surface area contributed by atoms with Crippen molar-refractivity contribution in [2.24, 2.45) is 5.92 Å². The van der Waals surface area contributed by atoms with Gasteiger partial charge in [0.2, 0.25) is 5.91 Å². The third-order valence-corrected chi connectivity index (χ3v) is 2.90. The summed E-state index contributed by atoms with van der Waals surface area (Å²) in [7, 11) is 3.17. The second-order valence-electron chi connectivity index (χ2n) is 5.04. The number of nitrogens with one attached hydrogen (secondary N) is 1. The van der Waals surface area contributed by atoms with Gasteiger partial charge in [-0.3, -0.25) is 14.5 Å². The Morgan fingerprint density at radius 2 is 2.10 bits per heavy atom. The molecule has 0 bridgehead atoms. The van der Waals surface area contributed by atoms with Gasteiger partial charge < -0.3 is 10.1 Å². The summed E-state index contributed by atoms with van der Waals surface area (Å²) in [5.74, 6) is -0.622. The lowest BCUT2D eigenvalue weighted by molar-refractivity contribution is -0.145. The highest BCUT2D eigenvalue weighted by Crippen LogP contribution is 2.09. The minimum atomic E-state index is -0.268. The van der Waals surface area contributed by atoms with Crippen LogP contribution in [0.5, 0.6) is 0 Å². The average molecular weight is 278 g/mol. The second kappa shape index (κ2) is 7.65. The van der Waals surface area contributed by atoms with Gasteiger partial charge in [0, 0.05) is 12.2 Å². The van der Waals surface area contributed by atoms with Crippen molar-refractivity contribution in [3.63, 3.8) is 0 Å². The van der Waals surface area contributed by atoms with Crippen molar-refractivity contribution in [3.05, 3.63) is 29.8 Å². The zero-order valence-electron chi connectivity index (χ0n) is 12.5. The van der Waals surface area contributed by atoms with E-state index in [1.165, 1.54) is 7.11 Å². The van der Waals surface area contributed by atoms with Crippen LogP contribution in [0.1, 0.15) is 12.5 Å². The predicted octanol–water partition coefficient (Wildman–Crippen LogP) is 1.67. The number of methoxy groups -OCH3 is 1. The molecule has 0 radical (unpaired) electrons. The normalized spacial score (nSPS) is 12.1. The molecule has 0 aliphatic carbocycles. The summed E-state index contributed by atoms with van der Waals surface area (Å²) in [6.07, 6.45) is 0. The van der Waals surface area contributed by atoms with E-state index in [0.717, 1.165) is 11.3 Å². The largest absolute Gasteiger partial charge is 0.469 e. The molecule has 1 amide bonds. The van der Waals surface area contributed by atoms with Crippen LogP contribution in [0.3, 0.4) is 0 Å². The van der Waals surface area contributed by atoms with Crippen LogP contribution in [-0.2, 0) is 14.3 Å². The van der Waals surface area contributed by atoms with E-state index in [1.807, 2.05) is 31.2 Å². The van der Waals surface area contributed by atoms with Gasteiger partial charge in [0.1, 0.15) is 0 Å².